The Morgan fingerprint density at radius 2 is 1.93 bits per heavy atom. The van der Waals surface area contributed by atoms with Crippen molar-refractivity contribution in [3.05, 3.63) is 54.2 Å². The third-order valence-corrected chi connectivity index (χ3v) is 5.74. The standard InChI is InChI=1S/C20H23N5OS/c1-26-18-10-3-2-8-15(18)17(25-12-6-7-13-25)14-22-20-24-23-19(27-20)16-9-4-5-11-21-16/h2-5,8-11,17H,6-7,12-14H2,1H3,(H,22,24). The van der Waals surface area contributed by atoms with E-state index in [4.69, 9.17) is 4.74 Å². The number of benzene rings is 1. The van der Waals surface area contributed by atoms with Crippen molar-refractivity contribution in [3.8, 4) is 16.5 Å². The maximum absolute atomic E-state index is 5.61. The molecule has 1 aromatic carbocycles. The molecule has 1 atom stereocenters. The number of hydrogen-bond donors (Lipinski definition) is 1. The summed E-state index contributed by atoms with van der Waals surface area (Å²) in [6.45, 7) is 2.98. The number of methoxy groups -OCH3 is 1. The highest BCUT2D eigenvalue weighted by Crippen LogP contribution is 2.32. The number of para-hydroxylation sites is 1. The number of pyridine rings is 1. The minimum atomic E-state index is 0.242. The molecule has 3 heterocycles. The third-order valence-electron chi connectivity index (χ3n) is 4.83. The monoisotopic (exact) mass is 381 g/mol. The zero-order valence-corrected chi connectivity index (χ0v) is 16.2. The highest BCUT2D eigenvalue weighted by molar-refractivity contribution is 7.18. The van der Waals surface area contributed by atoms with E-state index in [1.807, 2.05) is 30.3 Å². The molecule has 7 heteroatoms. The van der Waals surface area contributed by atoms with Crippen molar-refractivity contribution in [2.45, 2.75) is 18.9 Å². The molecule has 1 unspecified atom stereocenters. The molecule has 2 aromatic heterocycles. The van der Waals surface area contributed by atoms with Crippen LogP contribution in [0.2, 0.25) is 0 Å². The van der Waals surface area contributed by atoms with Crippen LogP contribution >= 0.6 is 11.3 Å². The fourth-order valence-electron chi connectivity index (χ4n) is 3.50. The minimum Gasteiger partial charge on any atom is -0.496 e. The summed E-state index contributed by atoms with van der Waals surface area (Å²) in [6.07, 6.45) is 4.26. The Morgan fingerprint density at radius 1 is 1.11 bits per heavy atom. The lowest BCUT2D eigenvalue weighted by Gasteiger charge is -2.29. The SMILES string of the molecule is COc1ccccc1C(CNc1nnc(-c2ccccn2)s1)N1CCCC1. The highest BCUT2D eigenvalue weighted by Gasteiger charge is 2.26. The molecule has 6 nitrogen and oxygen atoms in total. The summed E-state index contributed by atoms with van der Waals surface area (Å²) >= 11 is 1.53. The van der Waals surface area contributed by atoms with Gasteiger partial charge in [-0.05, 0) is 44.1 Å². The fourth-order valence-corrected chi connectivity index (χ4v) is 4.23. The van der Waals surface area contributed by atoms with Gasteiger partial charge < -0.3 is 10.1 Å². The second-order valence-corrected chi connectivity index (χ2v) is 7.49. The molecule has 0 amide bonds. The Bertz CT molecular complexity index is 864. The molecular formula is C20H23N5OS. The van der Waals surface area contributed by atoms with Gasteiger partial charge in [-0.3, -0.25) is 9.88 Å². The van der Waals surface area contributed by atoms with Crippen LogP contribution in [0.1, 0.15) is 24.4 Å². The van der Waals surface area contributed by atoms with Crippen LogP contribution in [0.25, 0.3) is 10.7 Å². The van der Waals surface area contributed by atoms with Crippen molar-refractivity contribution < 1.29 is 4.74 Å². The molecule has 27 heavy (non-hydrogen) atoms. The number of nitrogens with zero attached hydrogens (tertiary/aromatic N) is 4. The van der Waals surface area contributed by atoms with E-state index in [2.05, 4.69) is 37.5 Å². The van der Waals surface area contributed by atoms with E-state index in [9.17, 15) is 0 Å². The molecule has 1 saturated heterocycles. The topological polar surface area (TPSA) is 63.2 Å². The van der Waals surface area contributed by atoms with Gasteiger partial charge in [-0.2, -0.15) is 0 Å². The van der Waals surface area contributed by atoms with Gasteiger partial charge in [-0.15, -0.1) is 10.2 Å². The summed E-state index contributed by atoms with van der Waals surface area (Å²) < 4.78 is 5.61. The van der Waals surface area contributed by atoms with Crippen LogP contribution in [-0.2, 0) is 0 Å². The van der Waals surface area contributed by atoms with Gasteiger partial charge in [0, 0.05) is 18.3 Å². The van der Waals surface area contributed by atoms with Gasteiger partial charge in [0.15, 0.2) is 5.01 Å². The van der Waals surface area contributed by atoms with Gasteiger partial charge in [0.05, 0.1) is 13.2 Å². The van der Waals surface area contributed by atoms with Gasteiger partial charge in [-0.1, -0.05) is 35.6 Å². The molecule has 0 spiro atoms. The Kier molecular flexibility index (Phi) is 5.60. The summed E-state index contributed by atoms with van der Waals surface area (Å²) in [5.41, 5.74) is 2.06. The summed E-state index contributed by atoms with van der Waals surface area (Å²) in [4.78, 5) is 6.87. The van der Waals surface area contributed by atoms with Crippen molar-refractivity contribution in [1.82, 2.24) is 20.1 Å². The molecule has 140 valence electrons. The largest absolute Gasteiger partial charge is 0.496 e. The van der Waals surface area contributed by atoms with E-state index < -0.39 is 0 Å². The first-order valence-electron chi connectivity index (χ1n) is 9.21. The first-order valence-corrected chi connectivity index (χ1v) is 10.0. The predicted octanol–water partition coefficient (Wildman–Crippen LogP) is 3.86. The summed E-state index contributed by atoms with van der Waals surface area (Å²) in [5.74, 6) is 0.933. The van der Waals surface area contributed by atoms with Crippen LogP contribution in [0, 0.1) is 0 Å². The van der Waals surface area contributed by atoms with Gasteiger partial charge in [-0.25, -0.2) is 0 Å². The number of aromatic nitrogens is 3. The Morgan fingerprint density at radius 3 is 2.70 bits per heavy atom. The van der Waals surface area contributed by atoms with Crippen molar-refractivity contribution in [3.63, 3.8) is 0 Å². The van der Waals surface area contributed by atoms with Crippen LogP contribution in [0.15, 0.2) is 48.7 Å². The second kappa shape index (κ2) is 8.45. The maximum Gasteiger partial charge on any atom is 0.206 e. The Hall–Kier alpha value is -2.51. The van der Waals surface area contributed by atoms with Crippen molar-refractivity contribution in [2.75, 3.05) is 32.1 Å². The van der Waals surface area contributed by atoms with E-state index in [1.165, 1.54) is 29.7 Å². The molecule has 4 rings (SSSR count). The number of ether oxygens (including phenoxy) is 1. The quantitative estimate of drug-likeness (QED) is 0.671. The van der Waals surface area contributed by atoms with E-state index in [0.717, 1.165) is 41.2 Å². The number of likely N-dealkylation sites (tertiary alicyclic amines) is 1. The normalized spacial score (nSPS) is 15.6. The Balaban J connectivity index is 1.52. The van der Waals surface area contributed by atoms with Crippen LogP contribution in [-0.4, -0.2) is 46.8 Å². The smallest absolute Gasteiger partial charge is 0.206 e. The van der Waals surface area contributed by atoms with Gasteiger partial charge in [0.25, 0.3) is 0 Å². The van der Waals surface area contributed by atoms with Gasteiger partial charge in [0.1, 0.15) is 11.4 Å². The first kappa shape index (κ1) is 17.9. The molecule has 3 aromatic rings. The van der Waals surface area contributed by atoms with Crippen molar-refractivity contribution >= 4 is 16.5 Å². The number of hydrogen-bond acceptors (Lipinski definition) is 7. The van der Waals surface area contributed by atoms with Gasteiger partial charge in [0.2, 0.25) is 5.13 Å². The third kappa shape index (κ3) is 4.09. The maximum atomic E-state index is 5.61. The average molecular weight is 382 g/mol. The number of anilines is 1. The van der Waals surface area contributed by atoms with Crippen LogP contribution < -0.4 is 10.1 Å². The summed E-state index contributed by atoms with van der Waals surface area (Å²) in [6, 6.07) is 14.3. The molecule has 1 aliphatic rings. The summed E-state index contributed by atoms with van der Waals surface area (Å²) in [7, 11) is 1.73. The second-order valence-electron chi connectivity index (χ2n) is 6.51. The van der Waals surface area contributed by atoms with Crippen LogP contribution in [0.4, 0.5) is 5.13 Å². The average Bonchev–Trinajstić information content (AvgIpc) is 3.42. The van der Waals surface area contributed by atoms with Gasteiger partial charge >= 0.3 is 0 Å². The first-order chi connectivity index (χ1) is 13.3. The fraction of sp³-hybridized carbons (Fsp3) is 0.350. The minimum absolute atomic E-state index is 0.242. The lowest BCUT2D eigenvalue weighted by Crippen LogP contribution is -2.31. The van der Waals surface area contributed by atoms with Crippen molar-refractivity contribution in [1.29, 1.82) is 0 Å². The zero-order valence-electron chi connectivity index (χ0n) is 15.3. The van der Waals surface area contributed by atoms with E-state index in [0.29, 0.717) is 0 Å². The molecule has 0 bridgehead atoms. The van der Waals surface area contributed by atoms with Crippen LogP contribution in [0.3, 0.4) is 0 Å². The number of nitrogens with one attached hydrogen (secondary N) is 1. The Labute approximate surface area is 163 Å². The van der Waals surface area contributed by atoms with E-state index in [1.54, 1.807) is 13.3 Å². The molecule has 0 aliphatic carbocycles. The lowest BCUT2D eigenvalue weighted by molar-refractivity contribution is 0.249. The van der Waals surface area contributed by atoms with E-state index in [-0.39, 0.29) is 6.04 Å². The molecule has 1 fully saturated rings. The lowest BCUT2D eigenvalue weighted by atomic mass is 10.0. The molecule has 0 radical (unpaired) electrons. The molecule has 0 saturated carbocycles. The van der Waals surface area contributed by atoms with Crippen LogP contribution in [0.5, 0.6) is 5.75 Å². The van der Waals surface area contributed by atoms with E-state index >= 15 is 0 Å². The summed E-state index contributed by atoms with van der Waals surface area (Å²) in [5, 5.41) is 13.7. The van der Waals surface area contributed by atoms with Crippen molar-refractivity contribution in [2.24, 2.45) is 0 Å². The molecular weight excluding hydrogens is 358 g/mol. The molecule has 1 aliphatic heterocycles. The number of rotatable bonds is 7. The predicted molar refractivity (Wildman–Crippen MR) is 108 cm³/mol. The molecule has 1 N–H and O–H groups in total. The highest BCUT2D eigenvalue weighted by atomic mass is 32.1. The zero-order chi connectivity index (χ0) is 18.5.